The van der Waals surface area contributed by atoms with E-state index >= 15 is 0 Å². The summed E-state index contributed by atoms with van der Waals surface area (Å²) in [4.78, 5) is 8.95. The Balaban J connectivity index is 3.17. The maximum atomic E-state index is 5.14. The first-order valence-corrected chi connectivity index (χ1v) is 10.3. The van der Waals surface area contributed by atoms with Crippen molar-refractivity contribution >= 4 is 0 Å². The van der Waals surface area contributed by atoms with Crippen LogP contribution in [0.25, 0.3) is 0 Å². The molecule has 0 bridgehead atoms. The van der Waals surface area contributed by atoms with Crippen molar-refractivity contribution in [2.75, 3.05) is 0 Å². The van der Waals surface area contributed by atoms with Crippen molar-refractivity contribution in [3.63, 3.8) is 0 Å². The van der Waals surface area contributed by atoms with Crippen LogP contribution in [0.4, 0.5) is 0 Å². The third-order valence-corrected chi connectivity index (χ3v) is 5.69. The number of unbranched alkanes of at least 4 members (excludes halogenated alkanes) is 3. The van der Waals surface area contributed by atoms with E-state index in [1.807, 2.05) is 0 Å². The fourth-order valence-corrected chi connectivity index (χ4v) is 3.45. The number of hydrogen-bond acceptors (Lipinski definition) is 1. The highest BCUT2D eigenvalue weighted by Gasteiger charge is 2.32. The number of nitrogens with zero attached hydrogens (tertiary/aromatic N) is 1. The van der Waals surface area contributed by atoms with E-state index < -0.39 is 0 Å². The Hall–Kier alpha value is -0.790. The number of nitrogens with one attached hydrogen (secondary N) is 1. The summed E-state index contributed by atoms with van der Waals surface area (Å²) in [6.45, 7) is 18.6. The van der Waals surface area contributed by atoms with Gasteiger partial charge in [-0.15, -0.1) is 0 Å². The molecule has 1 aromatic heterocycles. The molecule has 24 heavy (non-hydrogen) atoms. The van der Waals surface area contributed by atoms with Crippen LogP contribution in [0.5, 0.6) is 0 Å². The van der Waals surface area contributed by atoms with E-state index in [0.717, 1.165) is 6.42 Å². The minimum Gasteiger partial charge on any atom is -0.345 e. The molecule has 1 N–H and O–H groups in total. The molecule has 1 unspecified atom stereocenters. The summed E-state index contributed by atoms with van der Waals surface area (Å²) >= 11 is 0. The van der Waals surface area contributed by atoms with E-state index in [0.29, 0.717) is 5.92 Å². The van der Waals surface area contributed by atoms with Crippen LogP contribution in [-0.2, 0) is 10.8 Å². The number of aromatic amines is 1. The van der Waals surface area contributed by atoms with Gasteiger partial charge < -0.3 is 4.98 Å². The van der Waals surface area contributed by atoms with Crippen LogP contribution in [0.1, 0.15) is 130 Å². The molecule has 0 spiro atoms. The quantitative estimate of drug-likeness (QED) is 0.424. The van der Waals surface area contributed by atoms with Crippen LogP contribution in [0.15, 0.2) is 0 Å². The molecule has 0 aliphatic rings. The normalized spacial score (nSPS) is 14.2. The highest BCUT2D eigenvalue weighted by molar-refractivity contribution is 5.28. The minimum absolute atomic E-state index is 0.135. The summed E-state index contributed by atoms with van der Waals surface area (Å²) in [5.74, 6) is 1.72. The highest BCUT2D eigenvalue weighted by atomic mass is 15.0. The lowest BCUT2D eigenvalue weighted by atomic mass is 9.80. The minimum atomic E-state index is 0.135. The van der Waals surface area contributed by atoms with Crippen molar-refractivity contribution in [1.29, 1.82) is 0 Å². The Morgan fingerprint density at radius 3 is 2.00 bits per heavy atom. The molecule has 0 radical (unpaired) electrons. The molecule has 140 valence electrons. The Morgan fingerprint density at radius 1 is 0.875 bits per heavy atom. The number of hydrogen-bond donors (Lipinski definition) is 1. The van der Waals surface area contributed by atoms with E-state index in [4.69, 9.17) is 4.98 Å². The molecule has 0 fully saturated rings. The molecule has 2 nitrogen and oxygen atoms in total. The summed E-state index contributed by atoms with van der Waals surface area (Å²) in [5.41, 5.74) is 3.03. The van der Waals surface area contributed by atoms with Gasteiger partial charge in [-0.3, -0.25) is 0 Å². The smallest absolute Gasteiger partial charge is 0.112 e. The monoisotopic (exact) mass is 334 g/mol. The van der Waals surface area contributed by atoms with Crippen molar-refractivity contribution in [1.82, 2.24) is 9.97 Å². The Labute approximate surface area is 151 Å². The van der Waals surface area contributed by atoms with Crippen LogP contribution in [0.2, 0.25) is 0 Å². The summed E-state index contributed by atoms with van der Waals surface area (Å²) in [6, 6.07) is 0. The van der Waals surface area contributed by atoms with Crippen LogP contribution in [-0.4, -0.2) is 9.97 Å². The second kappa shape index (κ2) is 9.06. The summed E-state index contributed by atoms with van der Waals surface area (Å²) in [6.07, 6.45) is 10.0. The molecule has 0 aliphatic heterocycles. The van der Waals surface area contributed by atoms with Gasteiger partial charge in [0.1, 0.15) is 5.82 Å². The van der Waals surface area contributed by atoms with Crippen molar-refractivity contribution in [2.24, 2.45) is 0 Å². The Bertz CT molecular complexity index is 482. The number of aromatic nitrogens is 2. The Morgan fingerprint density at radius 2 is 1.46 bits per heavy atom. The van der Waals surface area contributed by atoms with Gasteiger partial charge in [0.2, 0.25) is 0 Å². The fraction of sp³-hybridized carbons (Fsp3) is 0.864. The summed E-state index contributed by atoms with van der Waals surface area (Å²) < 4.78 is 0. The van der Waals surface area contributed by atoms with Gasteiger partial charge in [0.15, 0.2) is 0 Å². The third-order valence-electron chi connectivity index (χ3n) is 5.69. The second-order valence-corrected chi connectivity index (χ2v) is 8.98. The zero-order chi connectivity index (χ0) is 18.4. The van der Waals surface area contributed by atoms with E-state index in [-0.39, 0.29) is 10.8 Å². The largest absolute Gasteiger partial charge is 0.345 e. The lowest BCUT2D eigenvalue weighted by Crippen LogP contribution is -2.22. The van der Waals surface area contributed by atoms with Gasteiger partial charge in [0.25, 0.3) is 0 Å². The zero-order valence-corrected chi connectivity index (χ0v) is 17.7. The molecule has 2 heteroatoms. The molecule has 0 saturated heterocycles. The van der Waals surface area contributed by atoms with Crippen LogP contribution in [0, 0.1) is 0 Å². The Kier molecular flexibility index (Phi) is 8.02. The first-order chi connectivity index (χ1) is 11.2. The second-order valence-electron chi connectivity index (χ2n) is 8.98. The average molecular weight is 335 g/mol. The molecule has 0 aromatic carbocycles. The van der Waals surface area contributed by atoms with Crippen molar-refractivity contribution in [2.45, 2.75) is 124 Å². The lowest BCUT2D eigenvalue weighted by molar-refractivity contribution is 0.420. The van der Waals surface area contributed by atoms with Gasteiger partial charge in [0, 0.05) is 16.5 Å². The molecule has 0 aliphatic carbocycles. The molecular formula is C22H42N2. The van der Waals surface area contributed by atoms with Crippen molar-refractivity contribution in [3.8, 4) is 0 Å². The summed E-state index contributed by atoms with van der Waals surface area (Å²) in [7, 11) is 0. The van der Waals surface area contributed by atoms with Crippen molar-refractivity contribution in [3.05, 3.63) is 17.2 Å². The van der Waals surface area contributed by atoms with Gasteiger partial charge in [-0.1, -0.05) is 87.5 Å². The van der Waals surface area contributed by atoms with Gasteiger partial charge in [-0.25, -0.2) is 4.98 Å². The number of imidazole rings is 1. The predicted molar refractivity (Wildman–Crippen MR) is 107 cm³/mol. The first kappa shape index (κ1) is 21.3. The SMILES string of the molecule is CCCCCC(C)(C)c1[nH]c(C(C)(C)CCCC)nc1C(C)CC. The molecule has 1 atom stereocenters. The molecule has 1 rings (SSSR count). The maximum absolute atomic E-state index is 5.14. The highest BCUT2D eigenvalue weighted by Crippen LogP contribution is 2.37. The van der Waals surface area contributed by atoms with Crippen LogP contribution >= 0.6 is 0 Å². The van der Waals surface area contributed by atoms with Gasteiger partial charge >= 0.3 is 0 Å². The maximum Gasteiger partial charge on any atom is 0.112 e. The van der Waals surface area contributed by atoms with E-state index in [1.54, 1.807) is 0 Å². The number of H-pyrrole nitrogens is 1. The van der Waals surface area contributed by atoms with Gasteiger partial charge in [-0.05, 0) is 25.2 Å². The molecule has 1 aromatic rings. The zero-order valence-electron chi connectivity index (χ0n) is 17.7. The summed E-state index contributed by atoms with van der Waals surface area (Å²) in [5, 5.41) is 0. The van der Waals surface area contributed by atoms with Crippen LogP contribution in [0.3, 0.4) is 0 Å². The van der Waals surface area contributed by atoms with Gasteiger partial charge in [-0.2, -0.15) is 0 Å². The molecule has 1 heterocycles. The van der Waals surface area contributed by atoms with Gasteiger partial charge in [0.05, 0.1) is 5.69 Å². The van der Waals surface area contributed by atoms with Crippen molar-refractivity contribution < 1.29 is 0 Å². The topological polar surface area (TPSA) is 28.7 Å². The number of rotatable bonds is 11. The van der Waals surface area contributed by atoms with E-state index in [9.17, 15) is 0 Å². The lowest BCUT2D eigenvalue weighted by Gasteiger charge is -2.26. The third kappa shape index (κ3) is 5.36. The predicted octanol–water partition coefficient (Wildman–Crippen LogP) is 7.25. The molecule has 0 saturated carbocycles. The standard InChI is InChI=1S/C22H42N2/c1-9-12-14-16-21(5,6)19-18(17(4)11-3)23-20(24-19)22(7,8)15-13-10-2/h17H,9-16H2,1-8H3,(H,23,24). The molecule has 0 amide bonds. The van der Waals surface area contributed by atoms with E-state index in [1.165, 1.54) is 62.2 Å². The van der Waals surface area contributed by atoms with E-state index in [2.05, 4.69) is 60.4 Å². The molecular weight excluding hydrogens is 292 g/mol. The first-order valence-electron chi connectivity index (χ1n) is 10.3. The van der Waals surface area contributed by atoms with Crippen LogP contribution < -0.4 is 0 Å². The average Bonchev–Trinajstić information content (AvgIpc) is 2.99. The fourth-order valence-electron chi connectivity index (χ4n) is 3.45.